The van der Waals surface area contributed by atoms with Gasteiger partial charge in [-0.25, -0.2) is 8.42 Å². The molecule has 2 aromatic carbocycles. The van der Waals surface area contributed by atoms with Crippen molar-refractivity contribution in [3.8, 4) is 0 Å². The van der Waals surface area contributed by atoms with E-state index in [4.69, 9.17) is 4.42 Å². The van der Waals surface area contributed by atoms with Crippen LogP contribution in [0, 0.1) is 6.92 Å². The molecule has 25 heavy (non-hydrogen) atoms. The molecule has 130 valence electrons. The number of nitrogens with one attached hydrogen (secondary N) is 1. The molecule has 0 fully saturated rings. The summed E-state index contributed by atoms with van der Waals surface area (Å²) in [5.74, 6) is 0.308. The Morgan fingerprint density at radius 2 is 1.84 bits per heavy atom. The number of aryl methyl sites for hydroxylation is 1. The van der Waals surface area contributed by atoms with Gasteiger partial charge < -0.3 is 9.73 Å². The second kappa shape index (κ2) is 6.37. The zero-order valence-corrected chi connectivity index (χ0v) is 15.1. The van der Waals surface area contributed by atoms with Gasteiger partial charge in [-0.3, -0.25) is 4.79 Å². The summed E-state index contributed by atoms with van der Waals surface area (Å²) in [6, 6.07) is 13.7. The number of carbonyl (C=O) groups is 1. The number of fused-ring (bicyclic) bond motifs is 1. The van der Waals surface area contributed by atoms with Crippen LogP contribution >= 0.6 is 0 Å². The van der Waals surface area contributed by atoms with Gasteiger partial charge in [-0.05, 0) is 43.7 Å². The monoisotopic (exact) mass is 357 g/mol. The minimum absolute atomic E-state index is 0.125. The summed E-state index contributed by atoms with van der Waals surface area (Å²) in [7, 11) is -3.37. The molecule has 1 atom stereocenters. The number of furan rings is 1. The lowest BCUT2D eigenvalue weighted by Crippen LogP contribution is -2.27. The van der Waals surface area contributed by atoms with E-state index in [0.29, 0.717) is 16.9 Å². The van der Waals surface area contributed by atoms with Crippen molar-refractivity contribution in [1.29, 1.82) is 0 Å². The summed E-state index contributed by atoms with van der Waals surface area (Å²) >= 11 is 0. The molecular weight excluding hydrogens is 338 g/mol. The Morgan fingerprint density at radius 1 is 1.12 bits per heavy atom. The third-order valence-electron chi connectivity index (χ3n) is 4.10. The fraction of sp³-hybridized carbons (Fsp3) is 0.211. The van der Waals surface area contributed by atoms with Gasteiger partial charge in [0, 0.05) is 17.2 Å². The van der Waals surface area contributed by atoms with Crippen LogP contribution in [-0.4, -0.2) is 20.6 Å². The van der Waals surface area contributed by atoms with Crippen LogP contribution < -0.4 is 5.32 Å². The lowest BCUT2D eigenvalue weighted by atomic mass is 10.1. The molecule has 1 amide bonds. The molecule has 1 aromatic heterocycles. The molecule has 6 heteroatoms. The van der Waals surface area contributed by atoms with Crippen LogP contribution in [0.3, 0.4) is 0 Å². The van der Waals surface area contributed by atoms with Crippen molar-refractivity contribution in [2.24, 2.45) is 0 Å². The van der Waals surface area contributed by atoms with Crippen molar-refractivity contribution in [2.75, 3.05) is 6.26 Å². The minimum Gasteiger partial charge on any atom is -0.459 e. The van der Waals surface area contributed by atoms with Crippen LogP contribution in [0.15, 0.2) is 57.8 Å². The van der Waals surface area contributed by atoms with E-state index in [1.807, 2.05) is 37.3 Å². The smallest absolute Gasteiger partial charge is 0.252 e. The Bertz CT molecular complexity index is 1020. The van der Waals surface area contributed by atoms with Crippen molar-refractivity contribution in [2.45, 2.75) is 24.8 Å². The molecule has 0 saturated carbocycles. The van der Waals surface area contributed by atoms with Gasteiger partial charge >= 0.3 is 0 Å². The maximum absolute atomic E-state index is 12.6. The SMILES string of the molecule is Cc1ccc(S(C)(=O)=O)cc1C(=O)N[C@@H](C)c1cc2ccccc2o1. The lowest BCUT2D eigenvalue weighted by Gasteiger charge is -2.13. The Hall–Kier alpha value is -2.60. The number of para-hydroxylation sites is 1. The van der Waals surface area contributed by atoms with E-state index < -0.39 is 9.84 Å². The van der Waals surface area contributed by atoms with Gasteiger partial charge in [0.1, 0.15) is 11.3 Å². The molecule has 0 radical (unpaired) electrons. The van der Waals surface area contributed by atoms with E-state index in [1.165, 1.54) is 12.1 Å². The van der Waals surface area contributed by atoms with Crippen molar-refractivity contribution in [3.63, 3.8) is 0 Å². The average Bonchev–Trinajstić information content (AvgIpc) is 2.98. The van der Waals surface area contributed by atoms with Crippen LogP contribution in [0.25, 0.3) is 11.0 Å². The van der Waals surface area contributed by atoms with Gasteiger partial charge in [0.05, 0.1) is 10.9 Å². The van der Waals surface area contributed by atoms with Crippen LogP contribution in [-0.2, 0) is 9.84 Å². The fourth-order valence-corrected chi connectivity index (χ4v) is 3.28. The van der Waals surface area contributed by atoms with Crippen molar-refractivity contribution in [3.05, 3.63) is 65.4 Å². The predicted molar refractivity (Wildman–Crippen MR) is 96.4 cm³/mol. The van der Waals surface area contributed by atoms with E-state index in [1.54, 1.807) is 13.0 Å². The maximum atomic E-state index is 12.6. The molecule has 0 saturated heterocycles. The highest BCUT2D eigenvalue weighted by Crippen LogP contribution is 2.24. The molecule has 3 aromatic rings. The van der Waals surface area contributed by atoms with Gasteiger partial charge in [0.15, 0.2) is 9.84 Å². The summed E-state index contributed by atoms with van der Waals surface area (Å²) in [5, 5.41) is 3.83. The first-order valence-corrected chi connectivity index (χ1v) is 9.75. The summed E-state index contributed by atoms with van der Waals surface area (Å²) in [6.45, 7) is 3.60. The number of benzene rings is 2. The van der Waals surface area contributed by atoms with Gasteiger partial charge in [0.25, 0.3) is 5.91 Å². The zero-order valence-electron chi connectivity index (χ0n) is 14.2. The van der Waals surface area contributed by atoms with E-state index >= 15 is 0 Å². The molecule has 0 unspecified atom stereocenters. The minimum atomic E-state index is -3.37. The number of rotatable bonds is 4. The number of hydrogen-bond acceptors (Lipinski definition) is 4. The Morgan fingerprint density at radius 3 is 2.52 bits per heavy atom. The summed E-state index contributed by atoms with van der Waals surface area (Å²) in [4.78, 5) is 12.7. The largest absolute Gasteiger partial charge is 0.459 e. The van der Waals surface area contributed by atoms with E-state index in [-0.39, 0.29) is 16.8 Å². The van der Waals surface area contributed by atoms with Crippen molar-refractivity contribution < 1.29 is 17.6 Å². The second-order valence-electron chi connectivity index (χ2n) is 6.13. The highest BCUT2D eigenvalue weighted by molar-refractivity contribution is 7.90. The van der Waals surface area contributed by atoms with Crippen LogP contribution in [0.2, 0.25) is 0 Å². The third-order valence-corrected chi connectivity index (χ3v) is 5.21. The number of sulfone groups is 1. The van der Waals surface area contributed by atoms with Crippen LogP contribution in [0.4, 0.5) is 0 Å². The van der Waals surface area contributed by atoms with Gasteiger partial charge in [0.2, 0.25) is 0 Å². The van der Waals surface area contributed by atoms with Crippen molar-refractivity contribution in [1.82, 2.24) is 5.32 Å². The molecular formula is C19H19NO4S. The number of amides is 1. The Kier molecular flexibility index (Phi) is 4.39. The fourth-order valence-electron chi connectivity index (χ4n) is 2.64. The van der Waals surface area contributed by atoms with E-state index in [0.717, 1.165) is 17.2 Å². The van der Waals surface area contributed by atoms with Gasteiger partial charge in [-0.15, -0.1) is 0 Å². The Labute approximate surface area is 146 Å². The van der Waals surface area contributed by atoms with Gasteiger partial charge in [-0.2, -0.15) is 0 Å². The second-order valence-corrected chi connectivity index (χ2v) is 8.15. The molecule has 0 spiro atoms. The predicted octanol–water partition coefficient (Wildman–Crippen LogP) is 3.64. The van der Waals surface area contributed by atoms with Gasteiger partial charge in [-0.1, -0.05) is 24.3 Å². The third kappa shape index (κ3) is 3.58. The Balaban J connectivity index is 1.86. The molecule has 0 bridgehead atoms. The highest BCUT2D eigenvalue weighted by Gasteiger charge is 2.18. The number of carbonyl (C=O) groups excluding carboxylic acids is 1. The molecule has 5 nitrogen and oxygen atoms in total. The van der Waals surface area contributed by atoms with E-state index in [9.17, 15) is 13.2 Å². The zero-order chi connectivity index (χ0) is 18.2. The lowest BCUT2D eigenvalue weighted by molar-refractivity contribution is 0.0935. The number of hydrogen-bond donors (Lipinski definition) is 1. The molecule has 1 heterocycles. The first-order chi connectivity index (χ1) is 11.8. The molecule has 3 rings (SSSR count). The molecule has 0 aliphatic heterocycles. The highest BCUT2D eigenvalue weighted by atomic mass is 32.2. The standard InChI is InChI=1S/C19H19NO4S/c1-12-8-9-15(25(3,22)23)11-16(12)19(21)20-13(2)18-10-14-6-4-5-7-17(14)24-18/h4-11,13H,1-3H3,(H,20,21)/t13-/m0/s1. The topological polar surface area (TPSA) is 76.4 Å². The first-order valence-electron chi connectivity index (χ1n) is 7.86. The van der Waals surface area contributed by atoms with Crippen LogP contribution in [0.5, 0.6) is 0 Å². The molecule has 0 aliphatic carbocycles. The molecule has 1 N–H and O–H groups in total. The first kappa shape index (κ1) is 17.2. The average molecular weight is 357 g/mol. The normalized spacial score (nSPS) is 12.9. The summed E-state index contributed by atoms with van der Waals surface area (Å²) in [5.41, 5.74) is 1.81. The quantitative estimate of drug-likeness (QED) is 0.773. The van der Waals surface area contributed by atoms with Crippen LogP contribution in [0.1, 0.15) is 34.6 Å². The summed E-state index contributed by atoms with van der Waals surface area (Å²) in [6.07, 6.45) is 1.12. The summed E-state index contributed by atoms with van der Waals surface area (Å²) < 4.78 is 29.2. The molecule has 0 aliphatic rings. The maximum Gasteiger partial charge on any atom is 0.252 e. The van der Waals surface area contributed by atoms with Crippen molar-refractivity contribution >= 4 is 26.7 Å². The van der Waals surface area contributed by atoms with E-state index in [2.05, 4.69) is 5.32 Å².